The third-order valence-electron chi connectivity index (χ3n) is 2.02. The molecule has 0 rings (SSSR count). The summed E-state index contributed by atoms with van der Waals surface area (Å²) in [6, 6.07) is 0. The molecule has 0 fully saturated rings. The van der Waals surface area contributed by atoms with E-state index < -0.39 is 10.8 Å². The number of esters is 2. The van der Waals surface area contributed by atoms with E-state index in [2.05, 4.69) is 0 Å². The predicted molar refractivity (Wildman–Crippen MR) is 95.9 cm³/mol. The van der Waals surface area contributed by atoms with Crippen LogP contribution in [0.4, 0.5) is 0 Å². The average Bonchev–Trinajstić information content (AvgIpc) is 2.25. The van der Waals surface area contributed by atoms with Crippen molar-refractivity contribution in [2.24, 2.45) is 10.8 Å². The van der Waals surface area contributed by atoms with Crippen molar-refractivity contribution in [3.63, 3.8) is 0 Å². The lowest BCUT2D eigenvalue weighted by molar-refractivity contribution is -0.176. The van der Waals surface area contributed by atoms with E-state index in [0.29, 0.717) is 0 Å². The standard InChI is InChI=1S/2C9H18O2.H2O2/c2*1-8(2,3)7(10)11-9(4,5)6;1-2/h2*1-6H3;1-2H. The minimum atomic E-state index is -0.396. The molecule has 0 atom stereocenters. The molecule has 146 valence electrons. The van der Waals surface area contributed by atoms with Crippen LogP contribution in [0.15, 0.2) is 0 Å². The van der Waals surface area contributed by atoms with Gasteiger partial charge in [-0.1, -0.05) is 0 Å². The van der Waals surface area contributed by atoms with Crippen LogP contribution in [0.5, 0.6) is 0 Å². The first-order valence-corrected chi connectivity index (χ1v) is 7.92. The van der Waals surface area contributed by atoms with Gasteiger partial charge in [0.2, 0.25) is 0 Å². The van der Waals surface area contributed by atoms with Crippen LogP contribution in [0.3, 0.4) is 0 Å². The molecule has 0 heterocycles. The normalized spacial score (nSPS) is 12.1. The summed E-state index contributed by atoms with van der Waals surface area (Å²) in [6.45, 7) is 22.3. The molecule has 0 aromatic carbocycles. The van der Waals surface area contributed by atoms with Gasteiger partial charge in [-0.05, 0) is 83.1 Å². The van der Waals surface area contributed by atoms with E-state index >= 15 is 0 Å². The van der Waals surface area contributed by atoms with Gasteiger partial charge < -0.3 is 9.47 Å². The Balaban J connectivity index is -0.000000333. The zero-order valence-electron chi connectivity index (χ0n) is 17.5. The van der Waals surface area contributed by atoms with Crippen molar-refractivity contribution >= 4 is 11.9 Å². The number of hydrogen-bond acceptors (Lipinski definition) is 6. The van der Waals surface area contributed by atoms with Gasteiger partial charge in [-0.2, -0.15) is 0 Å². The van der Waals surface area contributed by atoms with Crippen molar-refractivity contribution in [2.45, 2.75) is 94.3 Å². The van der Waals surface area contributed by atoms with Gasteiger partial charge in [0.05, 0.1) is 10.8 Å². The number of hydrogen-bond donors (Lipinski definition) is 2. The molecule has 0 aromatic rings. The van der Waals surface area contributed by atoms with E-state index in [9.17, 15) is 9.59 Å². The molecule has 24 heavy (non-hydrogen) atoms. The maximum absolute atomic E-state index is 11.3. The average molecular weight is 350 g/mol. The van der Waals surface area contributed by atoms with Crippen LogP contribution in [-0.2, 0) is 19.1 Å². The van der Waals surface area contributed by atoms with E-state index in [1.165, 1.54) is 0 Å². The van der Waals surface area contributed by atoms with Crippen LogP contribution in [-0.4, -0.2) is 33.7 Å². The highest BCUT2D eigenvalue weighted by Crippen LogP contribution is 2.20. The van der Waals surface area contributed by atoms with E-state index in [-0.39, 0.29) is 23.1 Å². The maximum atomic E-state index is 11.3. The van der Waals surface area contributed by atoms with Gasteiger partial charge in [0.1, 0.15) is 11.2 Å². The third kappa shape index (κ3) is 18.9. The van der Waals surface area contributed by atoms with E-state index in [0.717, 1.165) is 0 Å². The smallest absolute Gasteiger partial charge is 0.311 e. The molecular weight excluding hydrogens is 312 g/mol. The van der Waals surface area contributed by atoms with Crippen molar-refractivity contribution in [1.29, 1.82) is 0 Å². The molecule has 6 nitrogen and oxygen atoms in total. The molecule has 0 aliphatic carbocycles. The second-order valence-corrected chi connectivity index (χ2v) is 9.50. The molecule has 0 radical (unpaired) electrons. The van der Waals surface area contributed by atoms with Crippen molar-refractivity contribution in [2.75, 3.05) is 0 Å². The monoisotopic (exact) mass is 350 g/mol. The van der Waals surface area contributed by atoms with Crippen LogP contribution < -0.4 is 0 Å². The lowest BCUT2D eigenvalue weighted by Crippen LogP contribution is -2.31. The van der Waals surface area contributed by atoms with Crippen molar-refractivity contribution in [1.82, 2.24) is 0 Å². The molecule has 0 spiro atoms. The highest BCUT2D eigenvalue weighted by Gasteiger charge is 2.28. The minimum absolute atomic E-state index is 0.148. The number of carbonyl (C=O) groups excluding carboxylic acids is 2. The van der Waals surface area contributed by atoms with E-state index in [4.69, 9.17) is 20.0 Å². The first-order chi connectivity index (χ1) is 10.3. The Morgan fingerprint density at radius 1 is 0.542 bits per heavy atom. The fourth-order valence-electron chi connectivity index (χ4n) is 0.862. The van der Waals surface area contributed by atoms with Crippen molar-refractivity contribution in [3.05, 3.63) is 0 Å². The van der Waals surface area contributed by atoms with E-state index in [1.807, 2.05) is 83.1 Å². The fourth-order valence-corrected chi connectivity index (χ4v) is 0.862. The number of ether oxygens (including phenoxy) is 2. The Labute approximate surface area is 147 Å². The van der Waals surface area contributed by atoms with Gasteiger partial charge in [0.15, 0.2) is 0 Å². The lowest BCUT2D eigenvalue weighted by Gasteiger charge is -2.25. The summed E-state index contributed by atoms with van der Waals surface area (Å²) in [6.07, 6.45) is 0. The van der Waals surface area contributed by atoms with Gasteiger partial charge in [-0.3, -0.25) is 20.1 Å². The molecule has 0 amide bonds. The van der Waals surface area contributed by atoms with Crippen LogP contribution in [0.2, 0.25) is 0 Å². The zero-order valence-corrected chi connectivity index (χ0v) is 17.5. The first kappa shape index (κ1) is 27.7. The van der Waals surface area contributed by atoms with Crippen LogP contribution in [0, 0.1) is 10.8 Å². The Kier molecular flexibility index (Phi) is 11.5. The van der Waals surface area contributed by atoms with Crippen molar-refractivity contribution in [3.8, 4) is 0 Å². The molecule has 0 unspecified atom stereocenters. The van der Waals surface area contributed by atoms with E-state index in [1.54, 1.807) is 0 Å². The molecule has 0 aliphatic rings. The summed E-state index contributed by atoms with van der Waals surface area (Å²) in [5.74, 6) is -0.296. The highest BCUT2D eigenvalue weighted by molar-refractivity contribution is 5.76. The second kappa shape index (κ2) is 9.99. The van der Waals surface area contributed by atoms with Gasteiger partial charge in [-0.15, -0.1) is 0 Å². The van der Waals surface area contributed by atoms with Crippen LogP contribution in [0.25, 0.3) is 0 Å². The molecular formula is C18H38O6. The summed E-state index contributed by atoms with van der Waals surface area (Å²) in [5, 5.41) is 12.0. The van der Waals surface area contributed by atoms with Gasteiger partial charge in [-0.25, -0.2) is 0 Å². The Morgan fingerprint density at radius 2 is 0.708 bits per heavy atom. The quantitative estimate of drug-likeness (QED) is 0.371. The van der Waals surface area contributed by atoms with Crippen LogP contribution >= 0.6 is 0 Å². The molecule has 2 N–H and O–H groups in total. The Morgan fingerprint density at radius 3 is 0.750 bits per heavy atom. The molecule has 0 saturated heterocycles. The number of carbonyl (C=O) groups is 2. The third-order valence-corrected chi connectivity index (χ3v) is 2.02. The summed E-state index contributed by atoms with van der Waals surface area (Å²) in [5.41, 5.74) is -1.53. The fraction of sp³-hybridized carbons (Fsp3) is 0.889. The Bertz CT molecular complexity index is 334. The summed E-state index contributed by atoms with van der Waals surface area (Å²) in [7, 11) is 0. The summed E-state index contributed by atoms with van der Waals surface area (Å²) in [4.78, 5) is 22.5. The SMILES string of the molecule is CC(C)(C)OC(=O)C(C)(C)C.CC(C)(C)OC(=O)C(C)(C)C.OO. The Hall–Kier alpha value is -1.14. The molecule has 0 saturated carbocycles. The molecule has 0 bridgehead atoms. The predicted octanol–water partition coefficient (Wildman–Crippen LogP) is 4.77. The van der Waals surface area contributed by atoms with Crippen LogP contribution in [0.1, 0.15) is 83.1 Å². The maximum Gasteiger partial charge on any atom is 0.311 e. The topological polar surface area (TPSA) is 93.1 Å². The summed E-state index contributed by atoms with van der Waals surface area (Å²) >= 11 is 0. The van der Waals surface area contributed by atoms with Gasteiger partial charge in [0, 0.05) is 0 Å². The van der Waals surface area contributed by atoms with Gasteiger partial charge in [0.25, 0.3) is 0 Å². The number of rotatable bonds is 0. The zero-order chi connectivity index (χ0) is 20.6. The van der Waals surface area contributed by atoms with Gasteiger partial charge >= 0.3 is 11.9 Å². The summed E-state index contributed by atoms with van der Waals surface area (Å²) < 4.78 is 10.3. The minimum Gasteiger partial charge on any atom is -0.460 e. The van der Waals surface area contributed by atoms with Crippen molar-refractivity contribution < 1.29 is 29.6 Å². The highest BCUT2D eigenvalue weighted by atomic mass is 17.0. The molecule has 0 aliphatic heterocycles. The molecule has 6 heteroatoms. The lowest BCUT2D eigenvalue weighted by atomic mass is 9.97. The molecule has 0 aromatic heterocycles. The largest absolute Gasteiger partial charge is 0.460 e. The first-order valence-electron chi connectivity index (χ1n) is 7.92. The second-order valence-electron chi connectivity index (χ2n) is 9.50.